The Kier molecular flexibility index (Phi) is 7.73. The molecule has 42 heavy (non-hydrogen) atoms. The number of halogens is 8. The minimum Gasteiger partial charge on any atom is -0.496 e. The van der Waals surface area contributed by atoms with Crippen LogP contribution in [0.4, 0.5) is 40.9 Å². The lowest BCUT2D eigenvalue weighted by Gasteiger charge is -2.27. The zero-order chi connectivity index (χ0) is 31.4. The third kappa shape index (κ3) is 5.62. The number of nitrogens with zero attached hydrogens (tertiary/aromatic N) is 4. The molecule has 4 rings (SSSR count). The molecule has 3 heterocycles. The van der Waals surface area contributed by atoms with Gasteiger partial charge in [0.2, 0.25) is 5.91 Å². The van der Waals surface area contributed by atoms with Crippen molar-refractivity contribution in [2.24, 2.45) is 0 Å². The van der Waals surface area contributed by atoms with Gasteiger partial charge in [-0.25, -0.2) is 18.3 Å². The summed E-state index contributed by atoms with van der Waals surface area (Å²) in [6, 6.07) is 0.669. The van der Waals surface area contributed by atoms with Gasteiger partial charge < -0.3 is 25.8 Å². The number of benzene rings is 1. The summed E-state index contributed by atoms with van der Waals surface area (Å²) in [5.41, 5.74) is -1.16. The molecule has 1 saturated heterocycles. The molecule has 1 aliphatic heterocycles. The van der Waals surface area contributed by atoms with E-state index in [9.17, 15) is 45.4 Å². The molecule has 3 atom stereocenters. The van der Waals surface area contributed by atoms with Gasteiger partial charge in [0.05, 0.1) is 42.9 Å². The normalized spacial score (nSPS) is 19.2. The van der Waals surface area contributed by atoms with Crippen LogP contribution in [0.5, 0.6) is 5.75 Å². The van der Waals surface area contributed by atoms with Gasteiger partial charge in [0.1, 0.15) is 29.6 Å². The second kappa shape index (κ2) is 10.6. The lowest BCUT2D eigenvalue weighted by atomic mass is 10.0. The number of nitrogens with two attached hydrogens (primary N) is 1. The van der Waals surface area contributed by atoms with Crippen LogP contribution >= 0.6 is 0 Å². The fourth-order valence-electron chi connectivity index (χ4n) is 4.43. The SMILES string of the molecule is COc1cc(F)c(-c2cc(C(F)(F)F)c3c(N)ncnn23)cc1C(=O)N[C@@H]1CN(C(=O)CC(C)(O)C(F)(F)F)C[C@@H]1F. The number of alkyl halides is 7. The Morgan fingerprint density at radius 2 is 1.83 bits per heavy atom. The van der Waals surface area contributed by atoms with E-state index in [1.807, 2.05) is 0 Å². The predicted octanol–water partition coefficient (Wildman–Crippen LogP) is 3.13. The first-order valence-corrected chi connectivity index (χ1v) is 11.9. The highest BCUT2D eigenvalue weighted by molar-refractivity contribution is 5.98. The lowest BCUT2D eigenvalue weighted by molar-refractivity contribution is -0.254. The van der Waals surface area contributed by atoms with Crippen molar-refractivity contribution in [2.75, 3.05) is 25.9 Å². The topological polar surface area (TPSA) is 135 Å². The van der Waals surface area contributed by atoms with Crippen molar-refractivity contribution in [1.82, 2.24) is 24.8 Å². The third-order valence-electron chi connectivity index (χ3n) is 6.72. The molecule has 1 fully saturated rings. The van der Waals surface area contributed by atoms with Crippen LogP contribution in [-0.4, -0.2) is 80.6 Å². The average molecular weight is 610 g/mol. The first kappa shape index (κ1) is 30.7. The molecule has 18 heteroatoms. The highest BCUT2D eigenvalue weighted by Crippen LogP contribution is 2.40. The number of carbonyl (C=O) groups is 2. The number of methoxy groups -OCH3 is 1. The van der Waals surface area contributed by atoms with E-state index in [-0.39, 0.29) is 5.75 Å². The Morgan fingerprint density at radius 3 is 2.43 bits per heavy atom. The van der Waals surface area contributed by atoms with Gasteiger partial charge in [0.15, 0.2) is 11.4 Å². The largest absolute Gasteiger partial charge is 0.496 e. The average Bonchev–Trinajstić information content (AvgIpc) is 3.44. The molecule has 1 unspecified atom stereocenters. The van der Waals surface area contributed by atoms with Crippen LogP contribution in [0.15, 0.2) is 24.5 Å². The van der Waals surface area contributed by atoms with Crippen molar-refractivity contribution in [3.63, 3.8) is 0 Å². The first-order chi connectivity index (χ1) is 19.4. The second-order valence-electron chi connectivity index (χ2n) is 9.72. The number of carbonyl (C=O) groups excluding carboxylic acids is 2. The maximum Gasteiger partial charge on any atom is 0.418 e. The molecule has 0 bridgehead atoms. The van der Waals surface area contributed by atoms with E-state index < -0.39 is 101 Å². The number of hydrogen-bond acceptors (Lipinski definition) is 7. The van der Waals surface area contributed by atoms with E-state index in [1.165, 1.54) is 0 Å². The number of nitrogen functional groups attached to an aromatic ring is 1. The van der Waals surface area contributed by atoms with E-state index in [0.29, 0.717) is 28.5 Å². The minimum atomic E-state index is -5.13. The van der Waals surface area contributed by atoms with Gasteiger partial charge in [-0.1, -0.05) is 0 Å². The van der Waals surface area contributed by atoms with Gasteiger partial charge in [-0.3, -0.25) is 9.59 Å². The van der Waals surface area contributed by atoms with Gasteiger partial charge >= 0.3 is 12.4 Å². The number of likely N-dealkylation sites (tertiary alicyclic amines) is 1. The monoisotopic (exact) mass is 610 g/mol. The van der Waals surface area contributed by atoms with Crippen LogP contribution in [0, 0.1) is 5.82 Å². The van der Waals surface area contributed by atoms with Crippen molar-refractivity contribution in [3.8, 4) is 17.0 Å². The van der Waals surface area contributed by atoms with Gasteiger partial charge in [-0.05, 0) is 19.1 Å². The Bertz CT molecular complexity index is 1540. The number of anilines is 1. The molecule has 1 aromatic carbocycles. The van der Waals surface area contributed by atoms with E-state index in [1.54, 1.807) is 0 Å². The molecule has 4 N–H and O–H groups in total. The number of rotatable bonds is 6. The van der Waals surface area contributed by atoms with Crippen LogP contribution in [-0.2, 0) is 11.0 Å². The number of aliphatic hydroxyl groups is 1. The van der Waals surface area contributed by atoms with Crippen molar-refractivity contribution in [2.45, 2.75) is 43.5 Å². The van der Waals surface area contributed by atoms with Gasteiger partial charge in [-0.2, -0.15) is 31.4 Å². The molecular weight excluding hydrogens is 588 g/mol. The molecule has 1 aliphatic rings. The number of ether oxygens (including phenoxy) is 1. The summed E-state index contributed by atoms with van der Waals surface area (Å²) in [5, 5.41) is 15.5. The Balaban J connectivity index is 1.64. The molecule has 3 aromatic rings. The van der Waals surface area contributed by atoms with Crippen LogP contribution in [0.3, 0.4) is 0 Å². The number of aromatic nitrogens is 3. The van der Waals surface area contributed by atoms with Crippen molar-refractivity contribution in [1.29, 1.82) is 0 Å². The van der Waals surface area contributed by atoms with Crippen molar-refractivity contribution >= 4 is 23.1 Å². The lowest BCUT2D eigenvalue weighted by Crippen LogP contribution is -2.47. The molecular formula is C24H22F8N6O4. The molecule has 228 valence electrons. The summed E-state index contributed by atoms with van der Waals surface area (Å²) in [7, 11) is 1.06. The number of nitrogens with one attached hydrogen (secondary N) is 1. The van der Waals surface area contributed by atoms with E-state index >= 15 is 4.39 Å². The predicted molar refractivity (Wildman–Crippen MR) is 128 cm³/mol. The molecule has 2 amide bonds. The number of hydrogen-bond donors (Lipinski definition) is 3. The van der Waals surface area contributed by atoms with Crippen LogP contribution in [0.25, 0.3) is 16.8 Å². The fourth-order valence-corrected chi connectivity index (χ4v) is 4.43. The van der Waals surface area contributed by atoms with Crippen LogP contribution in [0.2, 0.25) is 0 Å². The van der Waals surface area contributed by atoms with E-state index in [2.05, 4.69) is 15.4 Å². The number of fused-ring (bicyclic) bond motifs is 1. The summed E-state index contributed by atoms with van der Waals surface area (Å²) in [6.07, 6.45) is -12.6. The maximum atomic E-state index is 15.1. The van der Waals surface area contributed by atoms with Gasteiger partial charge in [0.25, 0.3) is 5.91 Å². The molecule has 0 saturated carbocycles. The molecule has 0 aliphatic carbocycles. The summed E-state index contributed by atoms with van der Waals surface area (Å²) in [6.45, 7) is -0.872. The Labute approximate surface area is 231 Å². The third-order valence-corrected chi connectivity index (χ3v) is 6.72. The van der Waals surface area contributed by atoms with Gasteiger partial charge in [-0.15, -0.1) is 0 Å². The molecule has 2 aromatic heterocycles. The highest BCUT2D eigenvalue weighted by atomic mass is 19.4. The van der Waals surface area contributed by atoms with Gasteiger partial charge in [0, 0.05) is 18.2 Å². The minimum absolute atomic E-state index is 0.387. The van der Waals surface area contributed by atoms with E-state index in [0.717, 1.165) is 19.5 Å². The van der Waals surface area contributed by atoms with E-state index in [4.69, 9.17) is 10.5 Å². The number of amides is 2. The Morgan fingerprint density at radius 1 is 1.17 bits per heavy atom. The standard InChI is InChI=1S/C24H22F8N6O4/c1-22(41,24(30,31)32)6-18(39)37-7-14(26)15(8-37)36-21(40)11-3-10(13(25)5-17(11)42-2)16-4-12(23(27,28)29)19-20(33)34-9-35-38(16)19/h3-5,9,14-15,41H,6-8H2,1-2H3,(H,36,40)(H2,33,34,35)/t14-,15+,22?/m0/s1. The molecule has 0 spiro atoms. The second-order valence-corrected chi connectivity index (χ2v) is 9.72. The Hall–Kier alpha value is -4.22. The quantitative estimate of drug-likeness (QED) is 0.365. The smallest absolute Gasteiger partial charge is 0.418 e. The van der Waals surface area contributed by atoms with Crippen molar-refractivity contribution < 1.29 is 54.6 Å². The summed E-state index contributed by atoms with van der Waals surface area (Å²) < 4.78 is 116. The van der Waals surface area contributed by atoms with Crippen LogP contribution < -0.4 is 15.8 Å². The van der Waals surface area contributed by atoms with Crippen LogP contribution in [0.1, 0.15) is 29.3 Å². The maximum absolute atomic E-state index is 15.1. The fraction of sp³-hybridized carbons (Fsp3) is 0.417. The first-order valence-electron chi connectivity index (χ1n) is 11.9. The molecule has 10 nitrogen and oxygen atoms in total. The van der Waals surface area contributed by atoms with Crippen molar-refractivity contribution in [3.05, 3.63) is 41.5 Å². The summed E-state index contributed by atoms with van der Waals surface area (Å²) in [5.74, 6) is -4.38. The molecule has 0 radical (unpaired) electrons. The zero-order valence-electron chi connectivity index (χ0n) is 21.6. The summed E-state index contributed by atoms with van der Waals surface area (Å²) in [4.78, 5) is 29.7. The highest BCUT2D eigenvalue weighted by Gasteiger charge is 2.52. The summed E-state index contributed by atoms with van der Waals surface area (Å²) >= 11 is 0. The zero-order valence-corrected chi connectivity index (χ0v) is 21.6.